The molecule has 104 valence electrons. The molecule has 0 atom stereocenters. The molecule has 1 aromatic carbocycles. The first-order valence-corrected chi connectivity index (χ1v) is 6.40. The Morgan fingerprint density at radius 1 is 1.30 bits per heavy atom. The van der Waals surface area contributed by atoms with Gasteiger partial charge < -0.3 is 5.73 Å². The van der Waals surface area contributed by atoms with Gasteiger partial charge in [-0.3, -0.25) is 10.1 Å². The fraction of sp³-hybridized carbons (Fsp3) is 0.286. The number of nitrogens with two attached hydrogens (primary N) is 1. The maximum Gasteiger partial charge on any atom is 0.270 e. The lowest BCUT2D eigenvalue weighted by molar-refractivity contribution is -0.384. The molecule has 6 nitrogen and oxygen atoms in total. The van der Waals surface area contributed by atoms with Crippen LogP contribution in [0.2, 0.25) is 0 Å². The van der Waals surface area contributed by atoms with Crippen LogP contribution in [0.4, 0.5) is 11.5 Å². The van der Waals surface area contributed by atoms with Crippen molar-refractivity contribution < 1.29 is 4.92 Å². The van der Waals surface area contributed by atoms with Crippen molar-refractivity contribution in [3.05, 3.63) is 45.6 Å². The zero-order valence-corrected chi connectivity index (χ0v) is 11.5. The molecular weight excluding hydrogens is 256 g/mol. The quantitative estimate of drug-likeness (QED) is 0.682. The summed E-state index contributed by atoms with van der Waals surface area (Å²) in [6, 6.07) is 6.39. The molecule has 0 saturated heterocycles. The second-order valence-electron chi connectivity index (χ2n) is 4.61. The number of hydrogen-bond donors (Lipinski definition) is 1. The minimum Gasteiger partial charge on any atom is -0.384 e. The van der Waals surface area contributed by atoms with Gasteiger partial charge in [0, 0.05) is 29.5 Å². The van der Waals surface area contributed by atoms with Crippen molar-refractivity contribution in [2.75, 3.05) is 5.73 Å². The van der Waals surface area contributed by atoms with Gasteiger partial charge >= 0.3 is 0 Å². The zero-order valence-electron chi connectivity index (χ0n) is 11.5. The molecule has 2 N–H and O–H groups in total. The van der Waals surface area contributed by atoms with Crippen LogP contribution in [0.25, 0.3) is 11.4 Å². The number of nitro benzene ring substituents is 1. The van der Waals surface area contributed by atoms with Crippen molar-refractivity contribution in [3.63, 3.8) is 0 Å². The van der Waals surface area contributed by atoms with Gasteiger partial charge in [-0.25, -0.2) is 9.97 Å². The fourth-order valence-corrected chi connectivity index (χ4v) is 1.99. The number of benzene rings is 1. The summed E-state index contributed by atoms with van der Waals surface area (Å²) in [4.78, 5) is 19.1. The number of nitro groups is 1. The zero-order chi connectivity index (χ0) is 14.7. The van der Waals surface area contributed by atoms with E-state index < -0.39 is 4.92 Å². The largest absolute Gasteiger partial charge is 0.384 e. The molecule has 0 unspecified atom stereocenters. The molecule has 0 amide bonds. The Hall–Kier alpha value is -2.50. The van der Waals surface area contributed by atoms with Gasteiger partial charge in [-0.2, -0.15) is 0 Å². The summed E-state index contributed by atoms with van der Waals surface area (Å²) in [6.07, 6.45) is 1.75. The molecule has 2 aromatic rings. The minimum absolute atomic E-state index is 0.0219. The van der Waals surface area contributed by atoms with E-state index >= 15 is 0 Å². The molecule has 0 fully saturated rings. The van der Waals surface area contributed by atoms with Crippen LogP contribution in [0.3, 0.4) is 0 Å². The summed E-state index contributed by atoms with van der Waals surface area (Å²) in [6.45, 7) is 3.92. The number of anilines is 1. The van der Waals surface area contributed by atoms with E-state index in [0.717, 1.165) is 24.1 Å². The number of rotatable bonds is 4. The van der Waals surface area contributed by atoms with Crippen LogP contribution in [-0.2, 0) is 6.42 Å². The van der Waals surface area contributed by atoms with Gasteiger partial charge in [0.05, 0.1) is 4.92 Å². The van der Waals surface area contributed by atoms with Crippen LogP contribution < -0.4 is 5.73 Å². The average Bonchev–Trinajstić information content (AvgIpc) is 2.38. The Morgan fingerprint density at radius 3 is 2.70 bits per heavy atom. The van der Waals surface area contributed by atoms with E-state index in [0.29, 0.717) is 17.2 Å². The van der Waals surface area contributed by atoms with Gasteiger partial charge in [0.15, 0.2) is 5.82 Å². The lowest BCUT2D eigenvalue weighted by atomic mass is 10.1. The highest BCUT2D eigenvalue weighted by atomic mass is 16.6. The summed E-state index contributed by atoms with van der Waals surface area (Å²) in [5.41, 5.74) is 8.18. The monoisotopic (exact) mass is 272 g/mol. The maximum atomic E-state index is 10.9. The van der Waals surface area contributed by atoms with Gasteiger partial charge in [-0.15, -0.1) is 0 Å². The standard InChI is InChI=1S/C14H16N4O2/c1-3-4-10-7-13(15)17-14(16-10)12-8-11(18(19)20)6-5-9(12)2/h5-8H,3-4H2,1-2H3,(H2,15,16,17). The van der Waals surface area contributed by atoms with E-state index in [-0.39, 0.29) is 5.69 Å². The highest BCUT2D eigenvalue weighted by Gasteiger charge is 2.13. The molecule has 1 aromatic heterocycles. The smallest absolute Gasteiger partial charge is 0.270 e. The topological polar surface area (TPSA) is 94.9 Å². The minimum atomic E-state index is -0.428. The van der Waals surface area contributed by atoms with E-state index in [1.54, 1.807) is 12.1 Å². The van der Waals surface area contributed by atoms with E-state index in [1.165, 1.54) is 12.1 Å². The maximum absolute atomic E-state index is 10.9. The van der Waals surface area contributed by atoms with Gasteiger partial charge in [-0.1, -0.05) is 19.4 Å². The third-order valence-electron chi connectivity index (χ3n) is 2.98. The molecule has 20 heavy (non-hydrogen) atoms. The van der Waals surface area contributed by atoms with Crippen LogP contribution in [0.5, 0.6) is 0 Å². The van der Waals surface area contributed by atoms with Crippen LogP contribution in [-0.4, -0.2) is 14.9 Å². The Labute approximate surface area is 116 Å². The average molecular weight is 272 g/mol. The van der Waals surface area contributed by atoms with Crippen LogP contribution in [0, 0.1) is 17.0 Å². The Balaban J connectivity index is 2.55. The van der Waals surface area contributed by atoms with Crippen LogP contribution in [0.15, 0.2) is 24.3 Å². The molecule has 6 heteroatoms. The molecule has 0 bridgehead atoms. The summed E-state index contributed by atoms with van der Waals surface area (Å²) >= 11 is 0. The SMILES string of the molecule is CCCc1cc(N)nc(-c2cc([N+](=O)[O-])ccc2C)n1. The Morgan fingerprint density at radius 2 is 2.05 bits per heavy atom. The van der Waals surface area contributed by atoms with Crippen molar-refractivity contribution in [1.82, 2.24) is 9.97 Å². The number of nitrogen functional groups attached to an aromatic ring is 1. The fourth-order valence-electron chi connectivity index (χ4n) is 1.99. The molecular formula is C14H16N4O2. The normalized spacial score (nSPS) is 10.5. The molecule has 1 heterocycles. The number of non-ortho nitro benzene ring substituents is 1. The van der Waals surface area contributed by atoms with Gasteiger partial charge in [0.25, 0.3) is 5.69 Å². The third-order valence-corrected chi connectivity index (χ3v) is 2.98. The lowest BCUT2D eigenvalue weighted by Crippen LogP contribution is -2.01. The van der Waals surface area contributed by atoms with Crippen molar-refractivity contribution in [1.29, 1.82) is 0 Å². The van der Waals surface area contributed by atoms with Gasteiger partial charge in [0.1, 0.15) is 5.82 Å². The molecule has 0 aliphatic carbocycles. The predicted molar refractivity (Wildman–Crippen MR) is 77.3 cm³/mol. The number of aryl methyl sites for hydroxylation is 2. The van der Waals surface area contributed by atoms with E-state index in [2.05, 4.69) is 16.9 Å². The summed E-state index contributed by atoms with van der Waals surface area (Å²) < 4.78 is 0. The van der Waals surface area contributed by atoms with Crippen LogP contribution in [0.1, 0.15) is 24.6 Å². The van der Waals surface area contributed by atoms with Crippen molar-refractivity contribution in [2.45, 2.75) is 26.7 Å². The number of hydrogen-bond acceptors (Lipinski definition) is 5. The molecule has 2 rings (SSSR count). The molecule has 0 saturated carbocycles. The van der Waals surface area contributed by atoms with Gasteiger partial charge in [0.2, 0.25) is 0 Å². The summed E-state index contributed by atoms with van der Waals surface area (Å²) in [5, 5.41) is 10.9. The first-order valence-electron chi connectivity index (χ1n) is 6.40. The third kappa shape index (κ3) is 2.90. The van der Waals surface area contributed by atoms with E-state index in [4.69, 9.17) is 5.73 Å². The first-order chi connectivity index (χ1) is 9.51. The van der Waals surface area contributed by atoms with Gasteiger partial charge in [-0.05, 0) is 18.9 Å². The molecule has 0 aliphatic heterocycles. The lowest BCUT2D eigenvalue weighted by Gasteiger charge is -2.07. The van der Waals surface area contributed by atoms with E-state index in [1.807, 2.05) is 6.92 Å². The number of nitrogens with zero attached hydrogens (tertiary/aromatic N) is 3. The number of aromatic nitrogens is 2. The van der Waals surface area contributed by atoms with Crippen molar-refractivity contribution in [3.8, 4) is 11.4 Å². The Kier molecular flexibility index (Phi) is 3.93. The van der Waals surface area contributed by atoms with Crippen molar-refractivity contribution >= 4 is 11.5 Å². The van der Waals surface area contributed by atoms with Crippen LogP contribution >= 0.6 is 0 Å². The second kappa shape index (κ2) is 5.64. The highest BCUT2D eigenvalue weighted by Crippen LogP contribution is 2.26. The Bertz CT molecular complexity index is 656. The molecule has 0 radical (unpaired) electrons. The highest BCUT2D eigenvalue weighted by molar-refractivity contribution is 5.64. The van der Waals surface area contributed by atoms with Crippen molar-refractivity contribution in [2.24, 2.45) is 0 Å². The predicted octanol–water partition coefficient (Wildman–Crippen LogP) is 2.89. The molecule has 0 spiro atoms. The van der Waals surface area contributed by atoms with E-state index in [9.17, 15) is 10.1 Å². The molecule has 0 aliphatic rings. The first kappa shape index (κ1) is 13.9. The second-order valence-corrected chi connectivity index (χ2v) is 4.61. The summed E-state index contributed by atoms with van der Waals surface area (Å²) in [5.74, 6) is 0.819. The summed E-state index contributed by atoms with van der Waals surface area (Å²) in [7, 11) is 0.